The fourth-order valence-electron chi connectivity index (χ4n) is 4.44. The van der Waals surface area contributed by atoms with E-state index in [1.54, 1.807) is 34.6 Å². The van der Waals surface area contributed by atoms with Crippen molar-refractivity contribution < 1.29 is 38.1 Å². The standard InChI is InChI=1S/C20H31NO8/c1-7-27-16(23)14-13-11(9-12(22)26-6)10-20(15(13)14,17(24)28-8-2)21-18(25)29-19(3,4)5/h11,13-15H,7-10H2,1-6H3,(H,21,25). The highest BCUT2D eigenvalue weighted by atomic mass is 16.6. The van der Waals surface area contributed by atoms with Crippen LogP contribution in [0.15, 0.2) is 0 Å². The Balaban J connectivity index is 2.36. The van der Waals surface area contributed by atoms with Crippen LogP contribution in [0.5, 0.6) is 0 Å². The molecule has 1 N–H and O–H groups in total. The number of nitrogens with one attached hydrogen (secondary N) is 1. The summed E-state index contributed by atoms with van der Waals surface area (Å²) < 4.78 is 20.5. The molecule has 2 aliphatic rings. The van der Waals surface area contributed by atoms with Crippen LogP contribution in [0.2, 0.25) is 0 Å². The maximum atomic E-state index is 13.0. The van der Waals surface area contributed by atoms with Crippen molar-refractivity contribution in [2.45, 2.75) is 58.6 Å². The van der Waals surface area contributed by atoms with Crippen LogP contribution >= 0.6 is 0 Å². The molecule has 5 unspecified atom stereocenters. The molecule has 2 saturated carbocycles. The van der Waals surface area contributed by atoms with Gasteiger partial charge in [0.05, 0.1) is 26.2 Å². The number of hydrogen-bond acceptors (Lipinski definition) is 8. The van der Waals surface area contributed by atoms with Gasteiger partial charge in [-0.2, -0.15) is 0 Å². The Hall–Kier alpha value is -2.32. The molecule has 5 atom stereocenters. The zero-order valence-corrected chi connectivity index (χ0v) is 17.9. The second-order valence-corrected chi connectivity index (χ2v) is 8.44. The largest absolute Gasteiger partial charge is 0.469 e. The first kappa shape index (κ1) is 23.0. The third-order valence-corrected chi connectivity index (χ3v) is 5.35. The first-order valence-electron chi connectivity index (χ1n) is 9.92. The number of carbonyl (C=O) groups excluding carboxylic acids is 4. The lowest BCUT2D eigenvalue weighted by atomic mass is 9.85. The lowest BCUT2D eigenvalue weighted by Gasteiger charge is -2.33. The van der Waals surface area contributed by atoms with E-state index in [2.05, 4.69) is 5.32 Å². The zero-order valence-electron chi connectivity index (χ0n) is 17.9. The van der Waals surface area contributed by atoms with Gasteiger partial charge in [-0.15, -0.1) is 0 Å². The van der Waals surface area contributed by atoms with Crippen LogP contribution in [0.1, 0.15) is 47.5 Å². The van der Waals surface area contributed by atoms with Crippen molar-refractivity contribution in [3.05, 3.63) is 0 Å². The van der Waals surface area contributed by atoms with E-state index in [0.717, 1.165) is 0 Å². The molecular formula is C20H31NO8. The van der Waals surface area contributed by atoms with Crippen LogP contribution in [0.3, 0.4) is 0 Å². The molecule has 0 aliphatic heterocycles. The molecule has 0 aromatic carbocycles. The number of ether oxygens (including phenoxy) is 4. The van der Waals surface area contributed by atoms with Gasteiger partial charge in [-0.25, -0.2) is 9.59 Å². The maximum Gasteiger partial charge on any atom is 0.408 e. The second-order valence-electron chi connectivity index (χ2n) is 8.44. The normalized spacial score (nSPS) is 30.0. The van der Waals surface area contributed by atoms with Crippen molar-refractivity contribution in [3.8, 4) is 0 Å². The van der Waals surface area contributed by atoms with Gasteiger partial charge in [0.15, 0.2) is 0 Å². The molecule has 9 heteroatoms. The van der Waals surface area contributed by atoms with Crippen molar-refractivity contribution in [1.29, 1.82) is 0 Å². The highest BCUT2D eigenvalue weighted by Crippen LogP contribution is 2.66. The van der Waals surface area contributed by atoms with Gasteiger partial charge in [-0.1, -0.05) is 0 Å². The molecular weight excluding hydrogens is 382 g/mol. The summed E-state index contributed by atoms with van der Waals surface area (Å²) in [4.78, 5) is 49.9. The highest BCUT2D eigenvalue weighted by Gasteiger charge is 2.76. The first-order valence-corrected chi connectivity index (χ1v) is 9.92. The zero-order chi connectivity index (χ0) is 22.0. The molecule has 0 radical (unpaired) electrons. The minimum Gasteiger partial charge on any atom is -0.469 e. The molecule has 2 fully saturated rings. The van der Waals surface area contributed by atoms with Gasteiger partial charge in [-0.05, 0) is 52.9 Å². The molecule has 0 saturated heterocycles. The summed E-state index contributed by atoms with van der Waals surface area (Å²) in [5.74, 6) is -3.27. The predicted molar refractivity (Wildman–Crippen MR) is 101 cm³/mol. The molecule has 9 nitrogen and oxygen atoms in total. The SMILES string of the molecule is CCOC(=O)C1C2C(CC(=O)OC)CC(NC(=O)OC(C)(C)C)(C(=O)OCC)C12. The second kappa shape index (κ2) is 8.59. The van der Waals surface area contributed by atoms with Crippen molar-refractivity contribution >= 4 is 24.0 Å². The molecule has 0 bridgehead atoms. The summed E-state index contributed by atoms with van der Waals surface area (Å²) in [6, 6.07) is 0. The van der Waals surface area contributed by atoms with Crippen LogP contribution < -0.4 is 5.32 Å². The van der Waals surface area contributed by atoms with E-state index < -0.39 is 47.0 Å². The van der Waals surface area contributed by atoms with Crippen LogP contribution in [0.4, 0.5) is 4.79 Å². The molecule has 0 aromatic rings. The Morgan fingerprint density at radius 1 is 1.07 bits per heavy atom. The molecule has 2 aliphatic carbocycles. The molecule has 0 heterocycles. The van der Waals surface area contributed by atoms with Gasteiger partial charge in [0.2, 0.25) is 0 Å². The van der Waals surface area contributed by atoms with Crippen molar-refractivity contribution in [1.82, 2.24) is 5.32 Å². The fraction of sp³-hybridized carbons (Fsp3) is 0.800. The van der Waals surface area contributed by atoms with E-state index in [9.17, 15) is 19.2 Å². The van der Waals surface area contributed by atoms with Gasteiger partial charge >= 0.3 is 24.0 Å². The van der Waals surface area contributed by atoms with E-state index >= 15 is 0 Å². The molecule has 1 amide bonds. The topological polar surface area (TPSA) is 117 Å². The van der Waals surface area contributed by atoms with E-state index in [-0.39, 0.29) is 37.9 Å². The van der Waals surface area contributed by atoms with Crippen molar-refractivity contribution in [3.63, 3.8) is 0 Å². The summed E-state index contributed by atoms with van der Waals surface area (Å²) in [6.07, 6.45) is -0.589. The smallest absolute Gasteiger partial charge is 0.408 e. The van der Waals surface area contributed by atoms with Crippen LogP contribution in [-0.2, 0) is 33.3 Å². The number of amides is 1. The lowest BCUT2D eigenvalue weighted by Crippen LogP contribution is -2.58. The number of carbonyl (C=O) groups is 4. The first-order chi connectivity index (χ1) is 13.5. The van der Waals surface area contributed by atoms with Crippen molar-refractivity contribution in [2.24, 2.45) is 23.7 Å². The molecule has 164 valence electrons. The summed E-state index contributed by atoms with van der Waals surface area (Å²) in [5, 5.41) is 2.68. The van der Waals surface area contributed by atoms with Gasteiger partial charge in [0.25, 0.3) is 0 Å². The van der Waals surface area contributed by atoms with E-state index in [0.29, 0.717) is 0 Å². The van der Waals surface area contributed by atoms with Crippen LogP contribution in [0.25, 0.3) is 0 Å². The monoisotopic (exact) mass is 413 g/mol. The number of alkyl carbamates (subject to hydrolysis) is 1. The summed E-state index contributed by atoms with van der Waals surface area (Å²) in [7, 11) is 1.28. The van der Waals surface area contributed by atoms with Crippen LogP contribution in [0, 0.1) is 23.7 Å². The van der Waals surface area contributed by atoms with Gasteiger partial charge in [0, 0.05) is 12.3 Å². The Morgan fingerprint density at radius 2 is 1.69 bits per heavy atom. The van der Waals surface area contributed by atoms with E-state index in [1.165, 1.54) is 7.11 Å². The minimum absolute atomic E-state index is 0.0325. The Kier molecular flexibility index (Phi) is 6.80. The lowest BCUT2D eigenvalue weighted by molar-refractivity contribution is -0.154. The molecule has 0 aromatic heterocycles. The van der Waals surface area contributed by atoms with Crippen molar-refractivity contribution in [2.75, 3.05) is 20.3 Å². The summed E-state index contributed by atoms with van der Waals surface area (Å²) in [6.45, 7) is 8.79. The van der Waals surface area contributed by atoms with E-state index in [4.69, 9.17) is 18.9 Å². The highest BCUT2D eigenvalue weighted by molar-refractivity contribution is 5.91. The third-order valence-electron chi connectivity index (χ3n) is 5.35. The number of hydrogen-bond donors (Lipinski definition) is 1. The van der Waals surface area contributed by atoms with Gasteiger partial charge in [-0.3, -0.25) is 9.59 Å². The van der Waals surface area contributed by atoms with Gasteiger partial charge < -0.3 is 24.3 Å². The Bertz CT molecular complexity index is 670. The molecule has 29 heavy (non-hydrogen) atoms. The summed E-state index contributed by atoms with van der Waals surface area (Å²) >= 11 is 0. The quantitative estimate of drug-likeness (QED) is 0.496. The molecule has 2 rings (SSSR count). The fourth-order valence-corrected chi connectivity index (χ4v) is 4.44. The maximum absolute atomic E-state index is 13.0. The molecule has 0 spiro atoms. The van der Waals surface area contributed by atoms with Gasteiger partial charge in [0.1, 0.15) is 11.1 Å². The van der Waals surface area contributed by atoms with Crippen LogP contribution in [-0.4, -0.2) is 55.5 Å². The number of fused-ring (bicyclic) bond motifs is 1. The minimum atomic E-state index is -1.46. The number of esters is 3. The average Bonchev–Trinajstić information content (AvgIpc) is 3.28. The third kappa shape index (κ3) is 4.82. The Morgan fingerprint density at radius 3 is 2.21 bits per heavy atom. The number of rotatable bonds is 7. The summed E-state index contributed by atoms with van der Waals surface area (Å²) in [5.41, 5.74) is -2.23. The average molecular weight is 413 g/mol. The Labute approximate surface area is 170 Å². The number of methoxy groups -OCH3 is 1. The predicted octanol–water partition coefficient (Wildman–Crippen LogP) is 1.82. The van der Waals surface area contributed by atoms with E-state index in [1.807, 2.05) is 0 Å².